The van der Waals surface area contributed by atoms with Crippen molar-refractivity contribution in [2.45, 2.75) is 11.4 Å². The van der Waals surface area contributed by atoms with E-state index in [-0.39, 0.29) is 4.90 Å². The third kappa shape index (κ3) is 3.86. The average molecular weight is 417 g/mol. The maximum Gasteiger partial charge on any atom is 0.261 e. The molecular formula is C14H16IN3O2S. The van der Waals surface area contributed by atoms with Gasteiger partial charge >= 0.3 is 0 Å². The van der Waals surface area contributed by atoms with Crippen LogP contribution in [0.15, 0.2) is 47.4 Å². The van der Waals surface area contributed by atoms with Crippen LogP contribution < -0.4 is 15.8 Å². The third-order valence-electron chi connectivity index (χ3n) is 2.97. The highest BCUT2D eigenvalue weighted by atomic mass is 127. The SMILES string of the molecule is CNc1ccc(S(=O)(=O)Nc2ccc(I)c(CN)c2)cc1. The Bertz CT molecular complexity index is 730. The van der Waals surface area contributed by atoms with Crippen molar-refractivity contribution in [1.29, 1.82) is 0 Å². The minimum Gasteiger partial charge on any atom is -0.388 e. The van der Waals surface area contributed by atoms with Gasteiger partial charge in [-0.15, -0.1) is 0 Å². The van der Waals surface area contributed by atoms with Crippen LogP contribution in [0, 0.1) is 3.57 Å². The first-order valence-electron chi connectivity index (χ1n) is 6.25. The molecule has 5 nitrogen and oxygen atoms in total. The number of benzene rings is 2. The molecule has 112 valence electrons. The van der Waals surface area contributed by atoms with Gasteiger partial charge in [0, 0.05) is 28.5 Å². The van der Waals surface area contributed by atoms with Crippen molar-refractivity contribution in [2.75, 3.05) is 17.1 Å². The van der Waals surface area contributed by atoms with E-state index >= 15 is 0 Å². The fourth-order valence-electron chi connectivity index (χ4n) is 1.81. The molecule has 0 atom stereocenters. The number of nitrogens with two attached hydrogens (primary N) is 1. The Morgan fingerprint density at radius 1 is 1.10 bits per heavy atom. The molecule has 0 fully saturated rings. The second kappa shape index (κ2) is 6.63. The molecule has 0 amide bonds. The maximum absolute atomic E-state index is 12.3. The fourth-order valence-corrected chi connectivity index (χ4v) is 3.41. The Labute approximate surface area is 138 Å². The van der Waals surface area contributed by atoms with Crippen molar-refractivity contribution in [3.63, 3.8) is 0 Å². The molecule has 0 aromatic heterocycles. The quantitative estimate of drug-likeness (QED) is 0.654. The molecule has 0 aliphatic rings. The summed E-state index contributed by atoms with van der Waals surface area (Å²) in [6.07, 6.45) is 0. The van der Waals surface area contributed by atoms with Crippen LogP contribution in [-0.4, -0.2) is 15.5 Å². The number of sulfonamides is 1. The fraction of sp³-hybridized carbons (Fsp3) is 0.143. The summed E-state index contributed by atoms with van der Waals surface area (Å²) in [6, 6.07) is 11.9. The summed E-state index contributed by atoms with van der Waals surface area (Å²) in [5, 5.41) is 2.95. The lowest BCUT2D eigenvalue weighted by Crippen LogP contribution is -2.13. The van der Waals surface area contributed by atoms with E-state index in [1.165, 1.54) is 0 Å². The Kier molecular flexibility index (Phi) is 5.07. The first kappa shape index (κ1) is 16.1. The monoisotopic (exact) mass is 417 g/mol. The zero-order chi connectivity index (χ0) is 15.5. The molecule has 0 spiro atoms. The van der Waals surface area contributed by atoms with E-state index in [4.69, 9.17) is 5.73 Å². The Morgan fingerprint density at radius 2 is 1.71 bits per heavy atom. The molecule has 0 bridgehead atoms. The van der Waals surface area contributed by atoms with E-state index in [1.807, 2.05) is 6.07 Å². The number of hydrogen-bond donors (Lipinski definition) is 3. The van der Waals surface area contributed by atoms with Gasteiger partial charge in [-0.05, 0) is 70.6 Å². The highest BCUT2D eigenvalue weighted by Crippen LogP contribution is 2.21. The number of hydrogen-bond acceptors (Lipinski definition) is 4. The van der Waals surface area contributed by atoms with E-state index in [1.54, 1.807) is 43.4 Å². The summed E-state index contributed by atoms with van der Waals surface area (Å²) in [6.45, 7) is 0.366. The smallest absolute Gasteiger partial charge is 0.261 e. The van der Waals surface area contributed by atoms with Crippen molar-refractivity contribution in [2.24, 2.45) is 5.73 Å². The molecular weight excluding hydrogens is 401 g/mol. The first-order valence-corrected chi connectivity index (χ1v) is 8.81. The lowest BCUT2D eigenvalue weighted by Gasteiger charge is -2.10. The summed E-state index contributed by atoms with van der Waals surface area (Å²) in [4.78, 5) is 0.217. The Morgan fingerprint density at radius 3 is 2.29 bits per heavy atom. The first-order chi connectivity index (χ1) is 9.96. The van der Waals surface area contributed by atoms with E-state index in [0.29, 0.717) is 12.2 Å². The maximum atomic E-state index is 12.3. The summed E-state index contributed by atoms with van der Waals surface area (Å²) in [5.74, 6) is 0. The van der Waals surface area contributed by atoms with Crippen LogP contribution in [0.2, 0.25) is 0 Å². The molecule has 0 heterocycles. The van der Waals surface area contributed by atoms with Crippen LogP contribution in [0.4, 0.5) is 11.4 Å². The number of nitrogens with one attached hydrogen (secondary N) is 2. The lowest BCUT2D eigenvalue weighted by molar-refractivity contribution is 0.601. The molecule has 2 rings (SSSR count). The van der Waals surface area contributed by atoms with Gasteiger partial charge in [0.05, 0.1) is 4.90 Å². The minimum absolute atomic E-state index is 0.217. The Hall–Kier alpha value is -1.32. The molecule has 2 aromatic rings. The van der Waals surface area contributed by atoms with Gasteiger partial charge < -0.3 is 11.1 Å². The van der Waals surface area contributed by atoms with E-state index < -0.39 is 10.0 Å². The van der Waals surface area contributed by atoms with Gasteiger partial charge in [-0.2, -0.15) is 0 Å². The minimum atomic E-state index is -3.60. The van der Waals surface area contributed by atoms with Gasteiger partial charge in [-0.25, -0.2) is 8.42 Å². The molecule has 0 saturated carbocycles. The molecule has 7 heteroatoms. The predicted molar refractivity (Wildman–Crippen MR) is 93.8 cm³/mol. The van der Waals surface area contributed by atoms with Crippen molar-refractivity contribution < 1.29 is 8.42 Å². The van der Waals surface area contributed by atoms with Crippen molar-refractivity contribution in [1.82, 2.24) is 0 Å². The summed E-state index contributed by atoms with van der Waals surface area (Å²) in [5.41, 5.74) is 7.90. The predicted octanol–water partition coefficient (Wildman–Crippen LogP) is 2.59. The van der Waals surface area contributed by atoms with Crippen LogP contribution in [0.5, 0.6) is 0 Å². The second-order valence-electron chi connectivity index (χ2n) is 4.39. The standard InChI is InChI=1S/C14H16IN3O2S/c1-17-11-2-5-13(6-3-11)21(19,20)18-12-4-7-14(15)10(8-12)9-16/h2-8,17-18H,9,16H2,1H3. The summed E-state index contributed by atoms with van der Waals surface area (Å²) in [7, 11) is -1.82. The topological polar surface area (TPSA) is 84.2 Å². The molecule has 0 aliphatic heterocycles. The molecule has 2 aromatic carbocycles. The number of halogens is 1. The van der Waals surface area contributed by atoms with E-state index in [2.05, 4.69) is 32.6 Å². The van der Waals surface area contributed by atoms with Crippen LogP contribution in [-0.2, 0) is 16.6 Å². The highest BCUT2D eigenvalue weighted by molar-refractivity contribution is 14.1. The zero-order valence-electron chi connectivity index (χ0n) is 11.4. The van der Waals surface area contributed by atoms with Crippen molar-refractivity contribution >= 4 is 44.0 Å². The second-order valence-corrected chi connectivity index (χ2v) is 7.23. The van der Waals surface area contributed by atoms with Crippen LogP contribution in [0.3, 0.4) is 0 Å². The molecule has 21 heavy (non-hydrogen) atoms. The van der Waals surface area contributed by atoms with Gasteiger partial charge in [0.2, 0.25) is 0 Å². The number of anilines is 2. The van der Waals surface area contributed by atoms with Gasteiger partial charge in [-0.3, -0.25) is 4.72 Å². The van der Waals surface area contributed by atoms with Gasteiger partial charge in [0.1, 0.15) is 0 Å². The largest absolute Gasteiger partial charge is 0.388 e. The van der Waals surface area contributed by atoms with Crippen LogP contribution in [0.25, 0.3) is 0 Å². The van der Waals surface area contributed by atoms with Gasteiger partial charge in [0.15, 0.2) is 0 Å². The molecule has 0 radical (unpaired) electrons. The highest BCUT2D eigenvalue weighted by Gasteiger charge is 2.14. The summed E-state index contributed by atoms with van der Waals surface area (Å²) >= 11 is 2.17. The van der Waals surface area contributed by atoms with Crippen molar-refractivity contribution in [3.05, 3.63) is 51.6 Å². The molecule has 0 saturated heterocycles. The molecule has 0 unspecified atom stereocenters. The van der Waals surface area contributed by atoms with Crippen LogP contribution >= 0.6 is 22.6 Å². The zero-order valence-corrected chi connectivity index (χ0v) is 14.4. The number of rotatable bonds is 5. The normalized spacial score (nSPS) is 11.2. The van der Waals surface area contributed by atoms with Gasteiger partial charge in [-0.1, -0.05) is 0 Å². The van der Waals surface area contributed by atoms with Crippen LogP contribution in [0.1, 0.15) is 5.56 Å². The molecule has 0 aliphatic carbocycles. The summed E-state index contributed by atoms with van der Waals surface area (Å²) < 4.78 is 28.2. The molecule has 4 N–H and O–H groups in total. The van der Waals surface area contributed by atoms with E-state index in [0.717, 1.165) is 14.8 Å². The lowest BCUT2D eigenvalue weighted by atomic mass is 10.2. The Balaban J connectivity index is 2.28. The van der Waals surface area contributed by atoms with E-state index in [9.17, 15) is 8.42 Å². The van der Waals surface area contributed by atoms with Crippen molar-refractivity contribution in [3.8, 4) is 0 Å². The average Bonchev–Trinajstić information content (AvgIpc) is 2.49. The van der Waals surface area contributed by atoms with Gasteiger partial charge in [0.25, 0.3) is 10.0 Å². The third-order valence-corrected chi connectivity index (χ3v) is 5.42.